The van der Waals surface area contributed by atoms with Crippen molar-refractivity contribution < 1.29 is 8.42 Å². The molecule has 0 saturated carbocycles. The molecule has 2 atom stereocenters. The maximum Gasteiger partial charge on any atom is 0.149 e. The molecular formula is C6H4N2O2S2. The number of nitrogens with zero attached hydrogens (tertiary/aromatic N) is 2. The van der Waals surface area contributed by atoms with Gasteiger partial charge in [0, 0.05) is 5.41 Å². The van der Waals surface area contributed by atoms with E-state index >= 15 is 0 Å². The van der Waals surface area contributed by atoms with Gasteiger partial charge in [0.25, 0.3) is 0 Å². The minimum Gasteiger partial charge on any atom is -0.240 e. The Morgan fingerprint density at radius 3 is 3.00 bits per heavy atom. The minimum absolute atomic E-state index is 0.492. The molecule has 0 N–H and O–H groups in total. The molecule has 0 fully saturated rings. The largest absolute Gasteiger partial charge is 0.240 e. The molecule has 1 aromatic rings. The summed E-state index contributed by atoms with van der Waals surface area (Å²) in [6.07, 6.45) is 3.01. The van der Waals surface area contributed by atoms with Gasteiger partial charge in [0.2, 0.25) is 0 Å². The van der Waals surface area contributed by atoms with Crippen LogP contribution in [0.25, 0.3) is 6.08 Å². The highest BCUT2D eigenvalue weighted by Crippen LogP contribution is 2.19. The number of hydrogen-bond donors (Lipinski definition) is 0. The molecule has 62 valence electrons. The summed E-state index contributed by atoms with van der Waals surface area (Å²) < 4.78 is 22.3. The van der Waals surface area contributed by atoms with E-state index in [1.165, 1.54) is 11.6 Å². The van der Waals surface area contributed by atoms with E-state index in [1.54, 1.807) is 12.1 Å². The van der Waals surface area contributed by atoms with Crippen LogP contribution in [0.5, 0.6) is 0 Å². The first-order chi connectivity index (χ1) is 5.79. The Labute approximate surface area is 73.0 Å². The van der Waals surface area contributed by atoms with Crippen molar-refractivity contribution in [1.82, 2.24) is 10.2 Å². The molecule has 2 unspecified atom stereocenters. The van der Waals surface area contributed by atoms with Gasteiger partial charge in [-0.25, -0.2) is 8.42 Å². The summed E-state index contributed by atoms with van der Waals surface area (Å²) in [7, 11) is -2.90. The first-order valence-corrected chi connectivity index (χ1v) is 6.00. The van der Waals surface area contributed by atoms with Crippen LogP contribution in [-0.2, 0) is 19.7 Å². The average molecular weight is 200 g/mol. The summed E-state index contributed by atoms with van der Waals surface area (Å²) in [6.45, 7) is 0. The third kappa shape index (κ3) is 1.12. The summed E-state index contributed by atoms with van der Waals surface area (Å²) in [4.78, 5) is 0.492. The predicted octanol–water partition coefficient (Wildman–Crippen LogP) is 0.232. The molecule has 1 aliphatic heterocycles. The molecule has 2 rings (SSSR count). The van der Waals surface area contributed by atoms with E-state index in [4.69, 9.17) is 0 Å². The lowest BCUT2D eigenvalue weighted by Crippen LogP contribution is -2.06. The fourth-order valence-electron chi connectivity index (χ4n) is 0.847. The number of hydrogen-bond acceptors (Lipinski definition) is 4. The maximum absolute atomic E-state index is 11.3. The molecule has 1 aromatic heterocycles. The van der Waals surface area contributed by atoms with Gasteiger partial charge >= 0.3 is 0 Å². The molecule has 0 aliphatic carbocycles. The van der Waals surface area contributed by atoms with E-state index in [-0.39, 0.29) is 0 Å². The van der Waals surface area contributed by atoms with Crippen LogP contribution in [0.2, 0.25) is 0 Å². The van der Waals surface area contributed by atoms with Crippen LogP contribution in [0.1, 0.15) is 5.69 Å². The van der Waals surface area contributed by atoms with Crippen LogP contribution in [-0.4, -0.2) is 18.6 Å². The zero-order valence-corrected chi connectivity index (χ0v) is 7.47. The molecule has 0 spiro atoms. The van der Waals surface area contributed by atoms with E-state index in [0.29, 0.717) is 10.6 Å². The second kappa shape index (κ2) is 2.87. The van der Waals surface area contributed by atoms with Crippen molar-refractivity contribution in [2.45, 2.75) is 4.90 Å². The third-order valence-corrected chi connectivity index (χ3v) is 4.50. The lowest BCUT2D eigenvalue weighted by atomic mass is 10.4. The van der Waals surface area contributed by atoms with E-state index in [1.807, 2.05) is 0 Å². The van der Waals surface area contributed by atoms with Crippen LogP contribution in [0.15, 0.2) is 22.6 Å². The van der Waals surface area contributed by atoms with E-state index < -0.39 is 19.7 Å². The van der Waals surface area contributed by atoms with Crippen molar-refractivity contribution in [3.8, 4) is 0 Å². The van der Waals surface area contributed by atoms with Gasteiger partial charge in [0.1, 0.15) is 25.4 Å². The van der Waals surface area contributed by atoms with Gasteiger partial charge in [-0.15, -0.1) is 5.10 Å². The molecule has 12 heavy (non-hydrogen) atoms. The zero-order chi connectivity index (χ0) is 8.55. The molecule has 0 radical (unpaired) electrons. The number of fused-ring (bicyclic) bond motifs is 1. The predicted molar refractivity (Wildman–Crippen MR) is 45.6 cm³/mol. The highest BCUT2D eigenvalue weighted by atomic mass is 33.1. The number of aromatic nitrogens is 2. The molecular weight excluding hydrogens is 196 g/mol. The van der Waals surface area contributed by atoms with Crippen molar-refractivity contribution >= 4 is 25.7 Å². The maximum atomic E-state index is 11.3. The fraction of sp³-hybridized carbons (Fsp3) is 0. The highest BCUT2D eigenvalue weighted by molar-refractivity contribution is 8.62. The Bertz CT molecular complexity index is 402. The average Bonchev–Trinajstić information content (AvgIpc) is 2.12. The Morgan fingerprint density at radius 2 is 2.17 bits per heavy atom. The van der Waals surface area contributed by atoms with Gasteiger partial charge in [-0.3, -0.25) is 0 Å². The van der Waals surface area contributed by atoms with Crippen molar-refractivity contribution in [3.05, 3.63) is 23.4 Å². The molecule has 4 nitrogen and oxygen atoms in total. The monoisotopic (exact) mass is 200 g/mol. The third-order valence-electron chi connectivity index (χ3n) is 1.38. The topological polar surface area (TPSA) is 59.9 Å². The van der Waals surface area contributed by atoms with E-state index in [2.05, 4.69) is 10.2 Å². The normalized spacial score (nSPS) is 26.7. The van der Waals surface area contributed by atoms with Gasteiger partial charge in [-0.2, -0.15) is 5.10 Å². The molecule has 2 heterocycles. The van der Waals surface area contributed by atoms with Gasteiger partial charge in [-0.1, -0.05) is 0 Å². The first-order valence-electron chi connectivity index (χ1n) is 3.12. The van der Waals surface area contributed by atoms with Crippen LogP contribution in [0.3, 0.4) is 0 Å². The molecule has 6 heteroatoms. The zero-order valence-electron chi connectivity index (χ0n) is 5.84. The van der Waals surface area contributed by atoms with Gasteiger partial charge in [-0.05, 0) is 12.1 Å². The Balaban J connectivity index is 2.67. The van der Waals surface area contributed by atoms with Crippen LogP contribution < -0.4 is 0 Å². The standard InChI is InChI=1S/C6H4N2O2S2/c9-11-4-2-5-6(12(11)10)1-3-7-8-5/h1-4H. The summed E-state index contributed by atoms with van der Waals surface area (Å²) in [6, 6.07) is 1.57. The van der Waals surface area contributed by atoms with Crippen LogP contribution in [0.4, 0.5) is 0 Å². The van der Waals surface area contributed by atoms with Gasteiger partial charge < -0.3 is 0 Å². The molecule has 1 aliphatic rings. The summed E-state index contributed by atoms with van der Waals surface area (Å²) in [5, 5.41) is 8.73. The SMILES string of the molecule is O=S1C=Cc2nnccc2S1=O. The molecule has 0 bridgehead atoms. The molecule has 0 saturated heterocycles. The van der Waals surface area contributed by atoms with Crippen molar-refractivity contribution in [2.24, 2.45) is 0 Å². The van der Waals surface area contributed by atoms with Crippen molar-refractivity contribution in [3.63, 3.8) is 0 Å². The van der Waals surface area contributed by atoms with Gasteiger partial charge in [0.15, 0.2) is 0 Å². The summed E-state index contributed by atoms with van der Waals surface area (Å²) in [5.74, 6) is 0. The van der Waals surface area contributed by atoms with Crippen molar-refractivity contribution in [1.29, 1.82) is 0 Å². The lowest BCUT2D eigenvalue weighted by Gasteiger charge is -2.05. The van der Waals surface area contributed by atoms with Crippen LogP contribution in [0, 0.1) is 0 Å². The Hall–Kier alpha value is -0.880. The second-order valence-corrected chi connectivity index (χ2v) is 5.67. The van der Waals surface area contributed by atoms with E-state index in [0.717, 1.165) is 0 Å². The Morgan fingerprint density at radius 1 is 1.33 bits per heavy atom. The van der Waals surface area contributed by atoms with E-state index in [9.17, 15) is 8.42 Å². The minimum atomic E-state index is -1.48. The fourth-order valence-corrected chi connectivity index (χ4v) is 3.24. The van der Waals surface area contributed by atoms with Crippen LogP contribution >= 0.6 is 0 Å². The van der Waals surface area contributed by atoms with Crippen molar-refractivity contribution in [2.75, 3.05) is 0 Å². The van der Waals surface area contributed by atoms with Gasteiger partial charge in [0.05, 0.1) is 11.1 Å². The number of rotatable bonds is 0. The smallest absolute Gasteiger partial charge is 0.149 e. The second-order valence-electron chi connectivity index (χ2n) is 2.08. The molecule has 0 amide bonds. The summed E-state index contributed by atoms with van der Waals surface area (Å²) in [5.41, 5.74) is 0.537. The Kier molecular flexibility index (Phi) is 1.86. The quantitative estimate of drug-likeness (QED) is 0.562. The summed E-state index contributed by atoms with van der Waals surface area (Å²) >= 11 is 0. The molecule has 0 aromatic carbocycles. The first kappa shape index (κ1) is 7.75. The highest BCUT2D eigenvalue weighted by Gasteiger charge is 2.18. The lowest BCUT2D eigenvalue weighted by molar-refractivity contribution is 0.678.